The summed E-state index contributed by atoms with van der Waals surface area (Å²) in [5.41, 5.74) is 1.07. The first-order valence-electron chi connectivity index (χ1n) is 6.92. The molecule has 0 bridgehead atoms. The lowest BCUT2D eigenvalue weighted by atomic mass is 10.2. The first-order chi connectivity index (χ1) is 9.63. The van der Waals surface area contributed by atoms with Gasteiger partial charge in [0.2, 0.25) is 0 Å². The summed E-state index contributed by atoms with van der Waals surface area (Å²) in [4.78, 5) is 1.35. The summed E-state index contributed by atoms with van der Waals surface area (Å²) in [6.07, 6.45) is 3.96. The molecule has 0 saturated heterocycles. The van der Waals surface area contributed by atoms with Crippen molar-refractivity contribution >= 4 is 27.1 Å². The molecule has 0 saturated carbocycles. The second-order valence-corrected chi connectivity index (χ2v) is 6.47. The van der Waals surface area contributed by atoms with E-state index >= 15 is 0 Å². The minimum absolute atomic E-state index is 0.289. The number of rotatable bonds is 4. The van der Waals surface area contributed by atoms with Gasteiger partial charge in [0.05, 0.1) is 17.9 Å². The van der Waals surface area contributed by atoms with E-state index < -0.39 is 0 Å². The van der Waals surface area contributed by atoms with Crippen molar-refractivity contribution in [3.63, 3.8) is 0 Å². The van der Waals surface area contributed by atoms with Crippen molar-refractivity contribution in [1.82, 2.24) is 9.78 Å². The van der Waals surface area contributed by atoms with E-state index in [9.17, 15) is 0 Å². The van der Waals surface area contributed by atoms with E-state index in [4.69, 9.17) is 0 Å². The highest BCUT2D eigenvalue weighted by Crippen LogP contribution is 2.31. The molecule has 104 valence electrons. The van der Waals surface area contributed by atoms with Crippen LogP contribution in [0.3, 0.4) is 0 Å². The van der Waals surface area contributed by atoms with Gasteiger partial charge in [-0.05, 0) is 38.3 Å². The molecule has 0 spiro atoms. The van der Waals surface area contributed by atoms with E-state index in [0.717, 1.165) is 5.69 Å². The number of benzene rings is 1. The lowest BCUT2D eigenvalue weighted by Gasteiger charge is -2.11. The normalized spacial score (nSPS) is 13.0. The molecule has 2 heterocycles. The van der Waals surface area contributed by atoms with Gasteiger partial charge in [-0.3, -0.25) is 4.68 Å². The van der Waals surface area contributed by atoms with Gasteiger partial charge in [0.15, 0.2) is 0 Å². The maximum atomic E-state index is 4.36. The van der Waals surface area contributed by atoms with Crippen molar-refractivity contribution < 1.29 is 0 Å². The maximum absolute atomic E-state index is 4.36. The molecule has 2 aromatic heterocycles. The van der Waals surface area contributed by atoms with Crippen LogP contribution in [0.1, 0.15) is 37.7 Å². The van der Waals surface area contributed by atoms with E-state index in [-0.39, 0.29) is 6.04 Å². The van der Waals surface area contributed by atoms with Crippen molar-refractivity contribution in [3.8, 4) is 0 Å². The highest BCUT2D eigenvalue weighted by Gasteiger charge is 2.10. The molecule has 0 fully saturated rings. The molecule has 3 aromatic rings. The van der Waals surface area contributed by atoms with E-state index in [2.05, 4.69) is 67.7 Å². The van der Waals surface area contributed by atoms with Gasteiger partial charge in [0, 0.05) is 21.8 Å². The van der Waals surface area contributed by atoms with Gasteiger partial charge in [-0.25, -0.2) is 0 Å². The van der Waals surface area contributed by atoms with Crippen LogP contribution >= 0.6 is 11.3 Å². The standard InChI is InChI=1S/C16H19N3S/c1-11(2)19-10-14(9-17-19)18-12(3)16-8-13-6-4-5-7-15(13)20-16/h4-12,18H,1-3H3. The van der Waals surface area contributed by atoms with Crippen LogP contribution in [-0.2, 0) is 0 Å². The molecule has 1 N–H and O–H groups in total. The molecule has 0 amide bonds. The van der Waals surface area contributed by atoms with Gasteiger partial charge in [-0.2, -0.15) is 5.10 Å². The number of aromatic nitrogens is 2. The number of nitrogens with zero attached hydrogens (tertiary/aromatic N) is 2. The molecular weight excluding hydrogens is 266 g/mol. The van der Waals surface area contributed by atoms with Gasteiger partial charge in [-0.1, -0.05) is 18.2 Å². The Kier molecular flexibility index (Phi) is 3.49. The van der Waals surface area contributed by atoms with E-state index in [1.807, 2.05) is 22.2 Å². The summed E-state index contributed by atoms with van der Waals surface area (Å²) >= 11 is 1.85. The van der Waals surface area contributed by atoms with Gasteiger partial charge in [0.25, 0.3) is 0 Å². The summed E-state index contributed by atoms with van der Waals surface area (Å²) in [5, 5.41) is 9.20. The Bertz CT molecular complexity index is 678. The molecule has 1 atom stereocenters. The van der Waals surface area contributed by atoms with Crippen molar-refractivity contribution in [2.75, 3.05) is 5.32 Å². The lowest BCUT2D eigenvalue weighted by molar-refractivity contribution is 0.532. The van der Waals surface area contributed by atoms with Gasteiger partial charge in [0.1, 0.15) is 0 Å². The molecule has 0 radical (unpaired) electrons. The second-order valence-electron chi connectivity index (χ2n) is 5.36. The Morgan fingerprint density at radius 1 is 1.20 bits per heavy atom. The minimum atomic E-state index is 0.289. The molecule has 0 aliphatic rings. The van der Waals surface area contributed by atoms with Gasteiger partial charge >= 0.3 is 0 Å². The number of anilines is 1. The fraction of sp³-hybridized carbons (Fsp3) is 0.312. The Hall–Kier alpha value is -1.81. The smallest absolute Gasteiger partial charge is 0.0731 e. The van der Waals surface area contributed by atoms with Crippen LogP contribution < -0.4 is 5.32 Å². The quantitative estimate of drug-likeness (QED) is 0.742. The third-order valence-electron chi connectivity index (χ3n) is 3.39. The van der Waals surface area contributed by atoms with Gasteiger partial charge < -0.3 is 5.32 Å². The number of thiophene rings is 1. The number of nitrogens with one attached hydrogen (secondary N) is 1. The SMILES string of the molecule is CC(Nc1cnn(C(C)C)c1)c1cc2ccccc2s1. The zero-order chi connectivity index (χ0) is 14.1. The lowest BCUT2D eigenvalue weighted by Crippen LogP contribution is -2.04. The van der Waals surface area contributed by atoms with Crippen LogP contribution in [0.15, 0.2) is 42.7 Å². The molecule has 3 nitrogen and oxygen atoms in total. The predicted octanol–water partition coefficient (Wildman–Crippen LogP) is 4.85. The topological polar surface area (TPSA) is 29.9 Å². The Morgan fingerprint density at radius 2 is 2.00 bits per heavy atom. The molecule has 20 heavy (non-hydrogen) atoms. The summed E-state index contributed by atoms with van der Waals surface area (Å²) in [6, 6.07) is 11.5. The zero-order valence-electron chi connectivity index (χ0n) is 12.0. The number of hydrogen-bond acceptors (Lipinski definition) is 3. The number of hydrogen-bond donors (Lipinski definition) is 1. The molecule has 1 aromatic carbocycles. The first-order valence-corrected chi connectivity index (χ1v) is 7.74. The zero-order valence-corrected chi connectivity index (χ0v) is 12.8. The molecule has 0 aliphatic carbocycles. The van der Waals surface area contributed by atoms with E-state index in [0.29, 0.717) is 6.04 Å². The van der Waals surface area contributed by atoms with Crippen molar-refractivity contribution in [1.29, 1.82) is 0 Å². The first kappa shape index (κ1) is 13.2. The average molecular weight is 285 g/mol. The van der Waals surface area contributed by atoms with Crippen LogP contribution in [0, 0.1) is 0 Å². The van der Waals surface area contributed by atoms with Crippen molar-refractivity contribution in [2.24, 2.45) is 0 Å². The maximum Gasteiger partial charge on any atom is 0.0731 e. The Labute approximate surface area is 123 Å². The summed E-state index contributed by atoms with van der Waals surface area (Å²) in [7, 11) is 0. The molecular formula is C16H19N3S. The fourth-order valence-corrected chi connectivity index (χ4v) is 3.30. The highest BCUT2D eigenvalue weighted by molar-refractivity contribution is 7.19. The summed E-state index contributed by atoms with van der Waals surface area (Å²) in [5.74, 6) is 0. The van der Waals surface area contributed by atoms with Crippen LogP contribution in [0.2, 0.25) is 0 Å². The minimum Gasteiger partial charge on any atom is -0.375 e. The molecule has 4 heteroatoms. The number of fused-ring (bicyclic) bond motifs is 1. The van der Waals surface area contributed by atoms with E-state index in [1.165, 1.54) is 15.0 Å². The Morgan fingerprint density at radius 3 is 2.70 bits per heavy atom. The van der Waals surface area contributed by atoms with Gasteiger partial charge in [-0.15, -0.1) is 11.3 Å². The van der Waals surface area contributed by atoms with Crippen LogP contribution in [0.25, 0.3) is 10.1 Å². The average Bonchev–Trinajstić information content (AvgIpc) is 3.04. The third-order valence-corrected chi connectivity index (χ3v) is 4.68. The van der Waals surface area contributed by atoms with Crippen LogP contribution in [-0.4, -0.2) is 9.78 Å². The third kappa shape index (κ3) is 2.56. The molecule has 0 aliphatic heterocycles. The highest BCUT2D eigenvalue weighted by atomic mass is 32.1. The second kappa shape index (κ2) is 5.29. The fourth-order valence-electron chi connectivity index (χ4n) is 2.23. The Balaban J connectivity index is 1.79. The van der Waals surface area contributed by atoms with Crippen molar-refractivity contribution in [2.45, 2.75) is 32.9 Å². The van der Waals surface area contributed by atoms with E-state index in [1.54, 1.807) is 0 Å². The van der Waals surface area contributed by atoms with Crippen molar-refractivity contribution in [3.05, 3.63) is 47.6 Å². The van der Waals surface area contributed by atoms with Crippen LogP contribution in [0.4, 0.5) is 5.69 Å². The largest absolute Gasteiger partial charge is 0.375 e. The summed E-state index contributed by atoms with van der Waals surface area (Å²) in [6.45, 7) is 6.45. The molecule has 3 rings (SSSR count). The predicted molar refractivity (Wildman–Crippen MR) is 86.5 cm³/mol. The molecule has 1 unspecified atom stereocenters. The monoisotopic (exact) mass is 285 g/mol. The summed E-state index contributed by atoms with van der Waals surface area (Å²) < 4.78 is 3.31. The van der Waals surface area contributed by atoms with Crippen LogP contribution in [0.5, 0.6) is 0 Å².